The number of carbonyl (C=O) groups excluding carboxylic acids is 7. The van der Waals surface area contributed by atoms with Crippen LogP contribution < -0.4 is 72.0 Å². The Morgan fingerprint density at radius 3 is 1.31 bits per heavy atom. The van der Waals surface area contributed by atoms with Crippen molar-refractivity contribution in [3.05, 3.63) is 95.7 Å². The third kappa shape index (κ3) is 21.6. The van der Waals surface area contributed by atoms with E-state index in [1.54, 1.807) is 24.4 Å². The van der Waals surface area contributed by atoms with E-state index < -0.39 is 77.6 Å². The average Bonchev–Trinajstić information content (AvgIpc) is 3.82. The number of nitrogens with one attached hydrogen (secondary N) is 7. The Morgan fingerprint density at radius 2 is 0.872 bits per heavy atom. The first-order chi connectivity index (χ1) is 37.2. The van der Waals surface area contributed by atoms with E-state index in [2.05, 4.69) is 51.9 Å². The number of aliphatic imine (C=N–C) groups is 3. The number of aromatic nitrogens is 1. The molecule has 4 aromatic rings. The largest absolute Gasteiger partial charge is 0.508 e. The maximum absolute atomic E-state index is 14.8. The Hall–Kier alpha value is -9.10. The van der Waals surface area contributed by atoms with Crippen LogP contribution in [0.2, 0.25) is 0 Å². The van der Waals surface area contributed by atoms with Gasteiger partial charge < -0.3 is 87.2 Å². The Labute approximate surface area is 451 Å². The molecule has 26 nitrogen and oxygen atoms in total. The van der Waals surface area contributed by atoms with Crippen LogP contribution in [0.5, 0.6) is 11.5 Å². The van der Waals surface area contributed by atoms with Crippen LogP contribution in [-0.4, -0.2) is 130 Å². The molecule has 1 heterocycles. The SMILES string of the molecule is CCCCC(=O)N[C@@H](CCCN=C(N)N)C(=O)N[C@@H](Cc1ccc(O)cc1)C(=O)N[C@@H](Cc1ccc(O)cc1)C(=O)N[C@@H](CCCN=C(N)N)C(=O)N[C@@H](Cc1c[nH]c2ccccc12)C(=O)N[C@@H](CCCN=C(N)N)C(N)=O. The molecule has 0 aliphatic heterocycles. The minimum absolute atomic E-state index is 0.0298. The number of hydrogen-bond donors (Lipinski definition) is 16. The second-order valence-corrected chi connectivity index (χ2v) is 18.6. The summed E-state index contributed by atoms with van der Waals surface area (Å²) >= 11 is 0. The van der Waals surface area contributed by atoms with Gasteiger partial charge in [0, 0.05) is 62.4 Å². The lowest BCUT2D eigenvalue weighted by atomic mass is 10.0. The molecule has 6 atom stereocenters. The summed E-state index contributed by atoms with van der Waals surface area (Å²) < 4.78 is 0. The standard InChI is InChI=1S/C52H75N17O9/c1-2-3-14-43(72)64-38(12-7-24-61-51(56)57)45(74)67-41(27-31-17-21-34(71)22-18-31)48(77)68-40(26-30-15-19-33(70)20-16-30)47(76)66-39(13-8-25-62-52(58)59)46(75)69-42(28-32-29-63-36-10-5-4-9-35(32)36)49(78)65-37(44(53)73)11-6-23-60-50(54)55/h4-5,9-10,15-22,29,37-42,63,70-71H,2-3,6-8,11-14,23-28H2,1H3,(H2,53,73)(H,64,72)(H,65,78)(H,66,76)(H,67,74)(H,68,77)(H,69,75)(H4,54,55,60)(H4,56,57,61)(H4,58,59,62)/t37-,38-,39-,40-,41-,42-/m0/s1. The van der Waals surface area contributed by atoms with E-state index in [4.69, 9.17) is 40.1 Å². The number of unbranched alkanes of at least 4 members (excludes halogenated alkanes) is 1. The number of carbonyl (C=O) groups is 7. The Balaban J connectivity index is 1.71. The molecule has 0 spiro atoms. The summed E-state index contributed by atoms with van der Waals surface area (Å²) in [5.41, 5.74) is 41.1. The van der Waals surface area contributed by atoms with Crippen molar-refractivity contribution in [2.45, 2.75) is 120 Å². The molecule has 0 radical (unpaired) electrons. The number of fused-ring (bicyclic) bond motifs is 1. The normalized spacial score (nSPS) is 13.2. The van der Waals surface area contributed by atoms with Crippen LogP contribution in [0.1, 0.15) is 81.4 Å². The summed E-state index contributed by atoms with van der Waals surface area (Å²) in [6, 6.07) is 11.0. The molecular formula is C52H75N17O9. The number of aromatic hydroxyl groups is 2. The van der Waals surface area contributed by atoms with Crippen molar-refractivity contribution >= 4 is 70.1 Å². The number of guanidine groups is 3. The number of aromatic amines is 1. The summed E-state index contributed by atoms with van der Waals surface area (Å²) in [4.78, 5) is 113. The number of benzene rings is 3. The third-order valence-corrected chi connectivity index (χ3v) is 12.3. The lowest BCUT2D eigenvalue weighted by molar-refractivity contribution is -0.135. The molecule has 23 N–H and O–H groups in total. The number of phenolic OH excluding ortho intramolecular Hbond substituents is 2. The smallest absolute Gasteiger partial charge is 0.243 e. The molecule has 422 valence electrons. The van der Waals surface area contributed by atoms with Gasteiger partial charge in [-0.1, -0.05) is 55.8 Å². The van der Waals surface area contributed by atoms with E-state index in [0.717, 1.165) is 17.3 Å². The van der Waals surface area contributed by atoms with Crippen LogP contribution in [0, 0.1) is 0 Å². The molecular weight excluding hydrogens is 1010 g/mol. The second-order valence-electron chi connectivity index (χ2n) is 18.6. The molecule has 3 aromatic carbocycles. The van der Waals surface area contributed by atoms with Gasteiger partial charge in [-0.05, 0) is 92.0 Å². The summed E-state index contributed by atoms with van der Waals surface area (Å²) in [5.74, 6) is -5.98. The van der Waals surface area contributed by atoms with Gasteiger partial charge in [-0.2, -0.15) is 0 Å². The van der Waals surface area contributed by atoms with Crippen LogP contribution in [0.25, 0.3) is 10.9 Å². The van der Waals surface area contributed by atoms with E-state index in [1.165, 1.54) is 36.4 Å². The number of primary amides is 1. The number of amides is 7. The van der Waals surface area contributed by atoms with E-state index >= 15 is 0 Å². The van der Waals surface area contributed by atoms with Crippen LogP contribution >= 0.6 is 0 Å². The maximum Gasteiger partial charge on any atom is 0.243 e. The minimum atomic E-state index is -1.47. The van der Waals surface area contributed by atoms with Crippen molar-refractivity contribution in [1.29, 1.82) is 0 Å². The van der Waals surface area contributed by atoms with Gasteiger partial charge in [0.25, 0.3) is 0 Å². The van der Waals surface area contributed by atoms with Gasteiger partial charge in [-0.15, -0.1) is 0 Å². The first-order valence-electron chi connectivity index (χ1n) is 25.6. The second kappa shape index (κ2) is 31.7. The molecule has 0 aliphatic carbocycles. The minimum Gasteiger partial charge on any atom is -0.508 e. The highest BCUT2D eigenvalue weighted by Crippen LogP contribution is 2.20. The van der Waals surface area contributed by atoms with Crippen molar-refractivity contribution in [3.63, 3.8) is 0 Å². The number of phenols is 2. The summed E-state index contributed by atoms with van der Waals surface area (Å²) in [5, 5.41) is 37.3. The molecule has 0 aliphatic rings. The Kier molecular flexibility index (Phi) is 25.0. The van der Waals surface area contributed by atoms with Crippen molar-refractivity contribution in [1.82, 2.24) is 36.9 Å². The zero-order chi connectivity index (χ0) is 57.1. The van der Waals surface area contributed by atoms with Crippen molar-refractivity contribution in [2.24, 2.45) is 55.1 Å². The first-order valence-corrected chi connectivity index (χ1v) is 25.6. The zero-order valence-electron chi connectivity index (χ0n) is 43.7. The van der Waals surface area contributed by atoms with Gasteiger partial charge in [0.2, 0.25) is 41.4 Å². The highest BCUT2D eigenvalue weighted by molar-refractivity contribution is 5.97. The number of nitrogens with two attached hydrogens (primary N) is 7. The fraction of sp³-hybridized carbons (Fsp3) is 0.423. The molecule has 0 fully saturated rings. The van der Waals surface area contributed by atoms with E-state index in [9.17, 15) is 43.8 Å². The van der Waals surface area contributed by atoms with Crippen molar-refractivity contribution in [3.8, 4) is 11.5 Å². The third-order valence-electron chi connectivity index (χ3n) is 12.3. The topological polar surface area (TPSA) is 467 Å². The number of rotatable bonds is 33. The number of para-hydroxylation sites is 1. The van der Waals surface area contributed by atoms with Crippen molar-refractivity contribution < 1.29 is 43.8 Å². The van der Waals surface area contributed by atoms with Crippen LogP contribution in [0.15, 0.2) is 94.0 Å². The molecule has 4 rings (SSSR count). The van der Waals surface area contributed by atoms with E-state index in [1.807, 2.05) is 25.1 Å². The average molecular weight is 1080 g/mol. The fourth-order valence-corrected chi connectivity index (χ4v) is 8.18. The van der Waals surface area contributed by atoms with Crippen LogP contribution in [0.4, 0.5) is 0 Å². The number of H-pyrrole nitrogens is 1. The van der Waals surface area contributed by atoms with Crippen LogP contribution in [0.3, 0.4) is 0 Å². The van der Waals surface area contributed by atoms with E-state index in [-0.39, 0.29) is 113 Å². The lowest BCUT2D eigenvalue weighted by Crippen LogP contribution is -2.60. The lowest BCUT2D eigenvalue weighted by Gasteiger charge is -2.28. The number of hydrogen-bond acceptors (Lipinski definition) is 12. The molecule has 26 heteroatoms. The molecule has 78 heavy (non-hydrogen) atoms. The molecule has 7 amide bonds. The van der Waals surface area contributed by atoms with Gasteiger partial charge in [0.1, 0.15) is 47.8 Å². The van der Waals surface area contributed by atoms with Gasteiger partial charge >= 0.3 is 0 Å². The zero-order valence-corrected chi connectivity index (χ0v) is 43.7. The predicted molar refractivity (Wildman–Crippen MR) is 296 cm³/mol. The summed E-state index contributed by atoms with van der Waals surface area (Å²) in [7, 11) is 0. The molecule has 0 unspecified atom stereocenters. The predicted octanol–water partition coefficient (Wildman–Crippen LogP) is -1.65. The molecule has 0 saturated carbocycles. The van der Waals surface area contributed by atoms with Gasteiger partial charge in [-0.25, -0.2) is 0 Å². The van der Waals surface area contributed by atoms with Gasteiger partial charge in [-0.3, -0.25) is 48.5 Å². The van der Waals surface area contributed by atoms with E-state index in [0.29, 0.717) is 23.1 Å². The fourth-order valence-electron chi connectivity index (χ4n) is 8.18. The first kappa shape index (κ1) is 61.4. The van der Waals surface area contributed by atoms with Gasteiger partial charge in [0.05, 0.1) is 0 Å². The Bertz CT molecular complexity index is 2720. The maximum atomic E-state index is 14.8. The summed E-state index contributed by atoms with van der Waals surface area (Å²) in [6.45, 7) is 2.23. The van der Waals surface area contributed by atoms with Crippen molar-refractivity contribution in [2.75, 3.05) is 19.6 Å². The summed E-state index contributed by atoms with van der Waals surface area (Å²) in [6.07, 6.45) is 3.37. The molecule has 0 bridgehead atoms. The Morgan fingerprint density at radius 1 is 0.487 bits per heavy atom. The quantitative estimate of drug-likeness (QED) is 0.0144. The molecule has 1 aromatic heterocycles. The van der Waals surface area contributed by atoms with Crippen LogP contribution in [-0.2, 0) is 52.8 Å². The highest BCUT2D eigenvalue weighted by atomic mass is 16.3. The van der Waals surface area contributed by atoms with Gasteiger partial charge in [0.15, 0.2) is 17.9 Å². The number of nitrogens with zero attached hydrogens (tertiary/aromatic N) is 3. The molecule has 0 saturated heterocycles. The highest BCUT2D eigenvalue weighted by Gasteiger charge is 2.34. The monoisotopic (exact) mass is 1080 g/mol.